The molecule has 1 heteroatoms. The Morgan fingerprint density at radius 1 is 1.00 bits per heavy atom. The fraction of sp³-hybridized carbons (Fsp3) is 1.00. The molecule has 2 fully saturated rings. The molecule has 1 spiro atoms. The summed E-state index contributed by atoms with van der Waals surface area (Å²) in [4.78, 5) is 2.64. The first kappa shape index (κ1) is 12.0. The Bertz CT molecular complexity index is 139. The third-order valence-electron chi connectivity index (χ3n) is 3.87. The van der Waals surface area contributed by atoms with Gasteiger partial charge in [-0.25, -0.2) is 0 Å². The molecule has 1 aliphatic carbocycles. The highest BCUT2D eigenvalue weighted by Crippen LogP contribution is 2.48. The lowest BCUT2D eigenvalue weighted by Gasteiger charge is -2.48. The molecule has 1 saturated heterocycles. The zero-order chi connectivity index (χ0) is 10.4. The normalized spacial score (nSPS) is 25.1. The molecule has 1 heterocycles. The van der Waals surface area contributed by atoms with Crippen LogP contribution in [0.3, 0.4) is 0 Å². The molecule has 14 heavy (non-hydrogen) atoms. The van der Waals surface area contributed by atoms with Gasteiger partial charge in [-0.15, -0.1) is 0 Å². The van der Waals surface area contributed by atoms with Crippen molar-refractivity contribution in [1.29, 1.82) is 0 Å². The SMILES string of the molecule is CC.CCCN1CCC2(CCC2)CC1. The molecule has 0 N–H and O–H groups in total. The van der Waals surface area contributed by atoms with E-state index in [0.29, 0.717) is 0 Å². The van der Waals surface area contributed by atoms with Crippen LogP contribution in [-0.4, -0.2) is 24.5 Å². The summed E-state index contributed by atoms with van der Waals surface area (Å²) in [6.45, 7) is 10.4. The zero-order valence-electron chi connectivity index (χ0n) is 10.3. The van der Waals surface area contributed by atoms with E-state index >= 15 is 0 Å². The van der Waals surface area contributed by atoms with Crippen molar-refractivity contribution in [1.82, 2.24) is 4.90 Å². The van der Waals surface area contributed by atoms with E-state index in [1.807, 2.05) is 13.8 Å². The summed E-state index contributed by atoms with van der Waals surface area (Å²) in [5.74, 6) is 0. The van der Waals surface area contributed by atoms with Crippen LogP contribution >= 0.6 is 0 Å². The standard InChI is InChI=1S/C11H21N.C2H6/c1-2-8-12-9-6-11(7-10-12)4-3-5-11;1-2/h2-10H2,1H3;1-2H3. The molecule has 0 aromatic carbocycles. The van der Waals surface area contributed by atoms with Crippen LogP contribution in [0.4, 0.5) is 0 Å². The monoisotopic (exact) mass is 197 g/mol. The summed E-state index contributed by atoms with van der Waals surface area (Å²) < 4.78 is 0. The number of piperidine rings is 1. The van der Waals surface area contributed by atoms with Gasteiger partial charge < -0.3 is 4.90 Å². The van der Waals surface area contributed by atoms with Gasteiger partial charge in [-0.05, 0) is 57.2 Å². The molecule has 2 rings (SSSR count). The van der Waals surface area contributed by atoms with Crippen LogP contribution in [0.15, 0.2) is 0 Å². The Labute approximate surface area is 89.9 Å². The second-order valence-electron chi connectivity index (χ2n) is 4.70. The van der Waals surface area contributed by atoms with Gasteiger partial charge in [0, 0.05) is 0 Å². The van der Waals surface area contributed by atoms with Crippen molar-refractivity contribution in [3.63, 3.8) is 0 Å². The minimum Gasteiger partial charge on any atom is -0.303 e. The summed E-state index contributed by atoms with van der Waals surface area (Å²) in [5.41, 5.74) is 0.838. The second-order valence-corrected chi connectivity index (χ2v) is 4.70. The van der Waals surface area contributed by atoms with Gasteiger partial charge in [-0.2, -0.15) is 0 Å². The van der Waals surface area contributed by atoms with E-state index in [1.165, 1.54) is 58.2 Å². The molecule has 84 valence electrons. The van der Waals surface area contributed by atoms with Crippen molar-refractivity contribution in [2.75, 3.05) is 19.6 Å². The number of hydrogen-bond donors (Lipinski definition) is 0. The lowest BCUT2D eigenvalue weighted by Crippen LogP contribution is -2.43. The van der Waals surface area contributed by atoms with Gasteiger partial charge in [0.25, 0.3) is 0 Å². The highest BCUT2D eigenvalue weighted by atomic mass is 15.1. The summed E-state index contributed by atoms with van der Waals surface area (Å²) in [5, 5.41) is 0. The van der Waals surface area contributed by atoms with E-state index in [1.54, 1.807) is 0 Å². The van der Waals surface area contributed by atoms with Crippen molar-refractivity contribution < 1.29 is 0 Å². The van der Waals surface area contributed by atoms with Gasteiger partial charge in [0.2, 0.25) is 0 Å². The molecule has 0 unspecified atom stereocenters. The highest BCUT2D eigenvalue weighted by Gasteiger charge is 2.38. The molecule has 2 aliphatic rings. The van der Waals surface area contributed by atoms with Crippen molar-refractivity contribution in [2.24, 2.45) is 5.41 Å². The lowest BCUT2D eigenvalue weighted by atomic mass is 9.63. The van der Waals surface area contributed by atoms with Crippen molar-refractivity contribution in [3.05, 3.63) is 0 Å². The molecule has 0 aromatic rings. The maximum Gasteiger partial charge on any atom is -0.00134 e. The minimum atomic E-state index is 0.838. The van der Waals surface area contributed by atoms with Crippen LogP contribution in [0.5, 0.6) is 0 Å². The third-order valence-corrected chi connectivity index (χ3v) is 3.87. The van der Waals surface area contributed by atoms with Crippen LogP contribution in [0.1, 0.15) is 59.3 Å². The lowest BCUT2D eigenvalue weighted by molar-refractivity contribution is 0.0336. The largest absolute Gasteiger partial charge is 0.303 e. The van der Waals surface area contributed by atoms with Crippen LogP contribution < -0.4 is 0 Å². The fourth-order valence-electron chi connectivity index (χ4n) is 2.74. The Balaban J connectivity index is 0.000000461. The maximum absolute atomic E-state index is 2.64. The van der Waals surface area contributed by atoms with Gasteiger partial charge >= 0.3 is 0 Å². The van der Waals surface area contributed by atoms with E-state index in [2.05, 4.69) is 11.8 Å². The molecule has 0 atom stereocenters. The van der Waals surface area contributed by atoms with Crippen molar-refractivity contribution in [3.8, 4) is 0 Å². The van der Waals surface area contributed by atoms with Crippen molar-refractivity contribution in [2.45, 2.75) is 59.3 Å². The molecule has 1 aliphatic heterocycles. The molecule has 0 aromatic heterocycles. The van der Waals surface area contributed by atoms with E-state index in [9.17, 15) is 0 Å². The summed E-state index contributed by atoms with van der Waals surface area (Å²) in [6.07, 6.45) is 8.89. The predicted octanol–water partition coefficient (Wildman–Crippen LogP) is 3.69. The van der Waals surface area contributed by atoms with E-state index in [0.717, 1.165) is 5.41 Å². The third kappa shape index (κ3) is 2.73. The van der Waals surface area contributed by atoms with E-state index in [-0.39, 0.29) is 0 Å². The van der Waals surface area contributed by atoms with E-state index in [4.69, 9.17) is 0 Å². The average molecular weight is 197 g/mol. The predicted molar refractivity (Wildman–Crippen MR) is 63.6 cm³/mol. The molecule has 1 saturated carbocycles. The molecule has 0 radical (unpaired) electrons. The van der Waals surface area contributed by atoms with Crippen LogP contribution in [-0.2, 0) is 0 Å². The second kappa shape index (κ2) is 5.75. The van der Waals surface area contributed by atoms with Crippen LogP contribution in [0.2, 0.25) is 0 Å². The van der Waals surface area contributed by atoms with E-state index < -0.39 is 0 Å². The topological polar surface area (TPSA) is 3.24 Å². The first-order valence-corrected chi connectivity index (χ1v) is 6.57. The van der Waals surface area contributed by atoms with Crippen LogP contribution in [0, 0.1) is 5.41 Å². The molecular weight excluding hydrogens is 170 g/mol. The molecule has 0 bridgehead atoms. The summed E-state index contributed by atoms with van der Waals surface area (Å²) >= 11 is 0. The Morgan fingerprint density at radius 2 is 1.57 bits per heavy atom. The quantitative estimate of drug-likeness (QED) is 0.652. The average Bonchev–Trinajstić information content (AvgIpc) is 2.20. The van der Waals surface area contributed by atoms with Gasteiger partial charge in [-0.3, -0.25) is 0 Å². The molecular formula is C13H27N. The van der Waals surface area contributed by atoms with Gasteiger partial charge in [0.1, 0.15) is 0 Å². The number of rotatable bonds is 2. The smallest absolute Gasteiger partial charge is 0.00134 e. The minimum absolute atomic E-state index is 0.838. The molecule has 1 nitrogen and oxygen atoms in total. The number of hydrogen-bond acceptors (Lipinski definition) is 1. The van der Waals surface area contributed by atoms with Gasteiger partial charge in [0.15, 0.2) is 0 Å². The Hall–Kier alpha value is -0.0400. The van der Waals surface area contributed by atoms with Gasteiger partial charge in [0.05, 0.1) is 0 Å². The fourth-order valence-corrected chi connectivity index (χ4v) is 2.74. The Morgan fingerprint density at radius 3 is 1.93 bits per heavy atom. The van der Waals surface area contributed by atoms with Gasteiger partial charge in [-0.1, -0.05) is 27.2 Å². The molecule has 0 amide bonds. The summed E-state index contributed by atoms with van der Waals surface area (Å²) in [6, 6.07) is 0. The maximum atomic E-state index is 2.64. The highest BCUT2D eigenvalue weighted by molar-refractivity contribution is 4.91. The first-order valence-electron chi connectivity index (χ1n) is 6.57. The van der Waals surface area contributed by atoms with Crippen molar-refractivity contribution >= 4 is 0 Å². The first-order chi connectivity index (χ1) is 6.85. The Kier molecular flexibility index (Phi) is 4.94. The number of likely N-dealkylation sites (tertiary alicyclic amines) is 1. The summed E-state index contributed by atoms with van der Waals surface area (Å²) in [7, 11) is 0. The van der Waals surface area contributed by atoms with Crippen LogP contribution in [0.25, 0.3) is 0 Å². The zero-order valence-corrected chi connectivity index (χ0v) is 10.3. The number of nitrogens with zero attached hydrogens (tertiary/aromatic N) is 1.